The van der Waals surface area contributed by atoms with Crippen molar-refractivity contribution in [3.05, 3.63) is 95.6 Å². The van der Waals surface area contributed by atoms with Gasteiger partial charge in [0.25, 0.3) is 0 Å². The molecule has 1 aromatic carbocycles. The molecule has 3 heteroatoms. The predicted octanol–water partition coefficient (Wildman–Crippen LogP) is 9.04. The van der Waals surface area contributed by atoms with Crippen LogP contribution in [0.3, 0.4) is 0 Å². The molecular formula is C32H48O2Si. The molecule has 0 amide bonds. The smallest absolute Gasteiger partial charge is 0.192 e. The molecule has 35 heavy (non-hydrogen) atoms. The first-order chi connectivity index (χ1) is 16.4. The Balaban J connectivity index is 3.07. The van der Waals surface area contributed by atoms with Crippen LogP contribution >= 0.6 is 0 Å². The van der Waals surface area contributed by atoms with Gasteiger partial charge >= 0.3 is 0 Å². The number of aryl methyl sites for hydroxylation is 1. The zero-order chi connectivity index (χ0) is 26.5. The number of rotatable bonds is 13. The number of hydrogen-bond donors (Lipinski definition) is 0. The van der Waals surface area contributed by atoms with Gasteiger partial charge in [0.2, 0.25) is 0 Å². The second-order valence-corrected chi connectivity index (χ2v) is 16.0. The molecule has 0 bridgehead atoms. The van der Waals surface area contributed by atoms with Crippen LogP contribution in [-0.2, 0) is 15.6 Å². The molecule has 0 fully saturated rings. The third-order valence-electron chi connectivity index (χ3n) is 6.84. The molecule has 0 saturated heterocycles. The monoisotopic (exact) mass is 492 g/mol. The number of hydrogen-bond acceptors (Lipinski definition) is 2. The summed E-state index contributed by atoms with van der Waals surface area (Å²) in [6.45, 7) is 20.5. The van der Waals surface area contributed by atoms with Crippen LogP contribution in [-0.4, -0.2) is 20.7 Å². The summed E-state index contributed by atoms with van der Waals surface area (Å²) in [4.78, 5) is 10.4. The molecule has 192 valence electrons. The lowest BCUT2D eigenvalue weighted by Crippen LogP contribution is -2.45. The average Bonchev–Trinajstić information content (AvgIpc) is 2.78. The summed E-state index contributed by atoms with van der Waals surface area (Å²) in [5, 5.41) is 0.155. The zero-order valence-corrected chi connectivity index (χ0v) is 24.5. The molecular weight excluding hydrogens is 444 g/mol. The summed E-state index contributed by atoms with van der Waals surface area (Å²) < 4.78 is 7.01. The highest BCUT2D eigenvalue weighted by atomic mass is 28.4. The molecule has 3 atom stereocenters. The fraction of sp³-hybridized carbons (Fsp3) is 0.469. The van der Waals surface area contributed by atoms with E-state index in [2.05, 4.69) is 110 Å². The Morgan fingerprint density at radius 3 is 2.14 bits per heavy atom. The lowest BCUT2D eigenvalue weighted by molar-refractivity contribution is -0.104. The van der Waals surface area contributed by atoms with Crippen molar-refractivity contribution >= 4 is 14.6 Å². The second kappa shape index (κ2) is 15.0. The molecule has 0 aliphatic rings. The van der Waals surface area contributed by atoms with Crippen LogP contribution in [0.2, 0.25) is 18.1 Å². The highest BCUT2D eigenvalue weighted by Crippen LogP contribution is 2.39. The van der Waals surface area contributed by atoms with E-state index in [9.17, 15) is 4.79 Å². The summed E-state index contributed by atoms with van der Waals surface area (Å²) >= 11 is 0. The van der Waals surface area contributed by atoms with Crippen molar-refractivity contribution in [3.63, 3.8) is 0 Å². The van der Waals surface area contributed by atoms with Crippen molar-refractivity contribution in [3.8, 4) is 0 Å². The molecule has 0 unspecified atom stereocenters. The summed E-state index contributed by atoms with van der Waals surface area (Å²) in [5.74, 6) is 0.743. The van der Waals surface area contributed by atoms with E-state index in [-0.39, 0.29) is 17.1 Å². The Hall–Kier alpha value is -2.23. The maximum atomic E-state index is 10.4. The van der Waals surface area contributed by atoms with E-state index >= 15 is 0 Å². The lowest BCUT2D eigenvalue weighted by atomic mass is 9.92. The molecule has 0 spiro atoms. The normalized spacial score (nSPS) is 16.8. The molecule has 0 N–H and O–H groups in total. The molecule has 0 aliphatic heterocycles. The molecule has 0 saturated carbocycles. The van der Waals surface area contributed by atoms with Gasteiger partial charge in [0.1, 0.15) is 6.29 Å². The summed E-state index contributed by atoms with van der Waals surface area (Å²) in [6.07, 6.45) is 18.9. The van der Waals surface area contributed by atoms with E-state index in [4.69, 9.17) is 4.43 Å². The summed E-state index contributed by atoms with van der Waals surface area (Å²) in [6, 6.07) is 10.7. The van der Waals surface area contributed by atoms with Crippen LogP contribution in [0.1, 0.15) is 60.5 Å². The number of carbonyl (C=O) groups excluding carboxylic acids is 1. The first-order valence-electron chi connectivity index (χ1n) is 12.9. The van der Waals surface area contributed by atoms with Gasteiger partial charge in [0, 0.05) is 5.92 Å². The van der Waals surface area contributed by atoms with Gasteiger partial charge in [-0.15, -0.1) is 0 Å². The van der Waals surface area contributed by atoms with Gasteiger partial charge in [-0.2, -0.15) is 0 Å². The SMILES string of the molecule is CC(/C=C/C=C/C=C/C=O)=C\[C@@H](C)[C@@H](O[Si](C)(C)C(C)(C)C)/C(C)=C/[C@@H](C)CCc1ccccc1. The Bertz CT molecular complexity index is 911. The van der Waals surface area contributed by atoms with Gasteiger partial charge in [-0.1, -0.05) is 113 Å². The van der Waals surface area contributed by atoms with E-state index < -0.39 is 8.32 Å². The minimum Gasteiger partial charge on any atom is -0.410 e. The van der Waals surface area contributed by atoms with Gasteiger partial charge in [-0.3, -0.25) is 4.79 Å². The molecule has 2 nitrogen and oxygen atoms in total. The second-order valence-electron chi connectivity index (χ2n) is 11.2. The standard InChI is InChI=1S/C32H48O2Si/c1-26(18-14-11-10-12-17-23-33)24-28(3)31(34-35(8,9)32(5,6)7)29(4)25-27(2)21-22-30-19-15-13-16-20-30/h10-20,23-25,27-28,31H,21-22H2,1-9H3/b11-10+,17-12+,18-14+,26-24+,29-25+/t27-,28+,31+/m0/s1. The van der Waals surface area contributed by atoms with Crippen molar-refractivity contribution in [2.45, 2.75) is 85.5 Å². The average molecular weight is 493 g/mol. The molecule has 1 aromatic rings. The zero-order valence-electron chi connectivity index (χ0n) is 23.5. The Morgan fingerprint density at radius 1 is 0.943 bits per heavy atom. The van der Waals surface area contributed by atoms with Crippen molar-refractivity contribution in [1.29, 1.82) is 0 Å². The third kappa shape index (κ3) is 11.8. The minimum atomic E-state index is -1.95. The maximum Gasteiger partial charge on any atom is 0.192 e. The van der Waals surface area contributed by atoms with E-state index in [1.165, 1.54) is 22.8 Å². The third-order valence-corrected chi connectivity index (χ3v) is 11.3. The predicted molar refractivity (Wildman–Crippen MR) is 156 cm³/mol. The van der Waals surface area contributed by atoms with Crippen LogP contribution in [0.25, 0.3) is 0 Å². The Labute approximate surface area is 216 Å². The van der Waals surface area contributed by atoms with Crippen molar-refractivity contribution in [2.75, 3.05) is 0 Å². The fourth-order valence-corrected chi connectivity index (χ4v) is 5.17. The molecule has 0 aliphatic carbocycles. The van der Waals surface area contributed by atoms with Gasteiger partial charge < -0.3 is 4.43 Å². The van der Waals surface area contributed by atoms with E-state index in [1.807, 2.05) is 18.2 Å². The molecule has 0 aromatic heterocycles. The number of allylic oxidation sites excluding steroid dienone is 8. The van der Waals surface area contributed by atoms with Crippen LogP contribution in [0.15, 0.2) is 90.1 Å². The van der Waals surface area contributed by atoms with Gasteiger partial charge in [0.15, 0.2) is 8.32 Å². The fourth-order valence-electron chi connectivity index (χ4n) is 3.78. The number of benzene rings is 1. The topological polar surface area (TPSA) is 26.3 Å². The number of aldehydes is 1. The first-order valence-corrected chi connectivity index (χ1v) is 15.8. The highest BCUT2D eigenvalue weighted by molar-refractivity contribution is 6.74. The maximum absolute atomic E-state index is 10.4. The van der Waals surface area contributed by atoms with E-state index in [1.54, 1.807) is 6.08 Å². The van der Waals surface area contributed by atoms with Crippen molar-refractivity contribution in [1.82, 2.24) is 0 Å². The molecule has 0 radical (unpaired) electrons. The lowest BCUT2D eigenvalue weighted by Gasteiger charge is -2.41. The summed E-state index contributed by atoms with van der Waals surface area (Å²) in [5.41, 5.74) is 3.93. The van der Waals surface area contributed by atoms with Gasteiger partial charge in [-0.05, 0) is 68.0 Å². The van der Waals surface area contributed by atoms with Gasteiger partial charge in [-0.25, -0.2) is 0 Å². The Kier molecular flexibility index (Phi) is 13.2. The van der Waals surface area contributed by atoms with Crippen LogP contribution in [0, 0.1) is 11.8 Å². The van der Waals surface area contributed by atoms with Crippen LogP contribution in [0.5, 0.6) is 0 Å². The largest absolute Gasteiger partial charge is 0.410 e. The summed E-state index contributed by atoms with van der Waals surface area (Å²) in [7, 11) is -1.95. The molecule has 1 rings (SSSR count). The first kappa shape index (κ1) is 30.8. The van der Waals surface area contributed by atoms with Gasteiger partial charge in [0.05, 0.1) is 6.10 Å². The minimum absolute atomic E-state index is 0.0597. The highest BCUT2D eigenvalue weighted by Gasteiger charge is 2.40. The van der Waals surface area contributed by atoms with E-state index in [0.717, 1.165) is 19.1 Å². The van der Waals surface area contributed by atoms with Crippen molar-refractivity contribution < 1.29 is 9.22 Å². The van der Waals surface area contributed by atoms with E-state index in [0.29, 0.717) is 5.92 Å². The molecule has 0 heterocycles. The van der Waals surface area contributed by atoms with Crippen molar-refractivity contribution in [2.24, 2.45) is 11.8 Å². The van der Waals surface area contributed by atoms with Crippen LogP contribution in [0.4, 0.5) is 0 Å². The number of carbonyl (C=O) groups is 1. The quantitative estimate of drug-likeness (QED) is 0.0902. The Morgan fingerprint density at radius 2 is 1.54 bits per heavy atom. The van der Waals surface area contributed by atoms with Crippen LogP contribution < -0.4 is 0 Å².